The Labute approximate surface area is 624 Å². The molecule has 0 fully saturated rings. The van der Waals surface area contributed by atoms with Crippen LogP contribution in [0.5, 0.6) is 28.7 Å². The quantitative estimate of drug-likeness (QED) is 0.111. The van der Waals surface area contributed by atoms with Gasteiger partial charge in [-0.05, 0) is 199 Å². The summed E-state index contributed by atoms with van der Waals surface area (Å²) in [4.78, 5) is 0. The highest BCUT2D eigenvalue weighted by molar-refractivity contribution is 5.44. The summed E-state index contributed by atoms with van der Waals surface area (Å²) in [6.45, 7) is 54.5. The Balaban J connectivity index is 0.000000580. The van der Waals surface area contributed by atoms with Gasteiger partial charge in [-0.3, -0.25) is 0 Å². The number of aliphatic hydroxyl groups is 1. The monoisotopic (exact) mass is 1410 g/mol. The zero-order valence-electron chi connectivity index (χ0n) is 68.5. The van der Waals surface area contributed by atoms with E-state index in [1.54, 1.807) is 27.4 Å². The van der Waals surface area contributed by atoms with Crippen LogP contribution in [0.3, 0.4) is 0 Å². The molecule has 0 bridgehead atoms. The minimum atomic E-state index is -0.389. The van der Waals surface area contributed by atoms with E-state index < -0.39 is 0 Å². The molecule has 0 aromatic heterocycles. The number of aliphatic hydroxyl groups excluding tert-OH is 1. The predicted octanol–water partition coefficient (Wildman–Crippen LogP) is 26.0. The first-order valence-electron chi connectivity index (χ1n) is 36.4. The third-order valence-corrected chi connectivity index (χ3v) is 16.4. The van der Waals surface area contributed by atoms with Crippen LogP contribution < -0.4 is 24.7 Å². The standard InChI is InChI=1S/3C11H16O.C11H16.C10H14FN.C10H13FO.2C10H14O.C10H14/c1-11(2,3)9-7-5-6-8-10(9)12-4;1-9(2)11-5-3-4-10(8-11)6-7-12;1-4-12-11-7-5-6-10(8-11)9(2)3;1-9-6-5-7-10(8-9)11(2,3)4;2*1-10(2,3)7-4-8(11)6-9(12)5-7;1-8(2)9-4-6-10(11-3)7-5-9;1-8(2)9-5-4-6-10(7-9)11-3;1-10(2,3)9-7-5-4-6-8-9/h5-8H,1-4H3;3-5,8-9,12H,6-7H2,1-2H3;5-9H,4H2,1-3H3;5-8H,1-4H3;4-6H,12H2,1-3H3;4-6,12H,1-3H3;2*4-8H,1-3H3;4-8H,1-3H3. The third kappa shape index (κ3) is 38.6. The molecule has 0 spiro atoms. The highest BCUT2D eigenvalue weighted by Crippen LogP contribution is 2.32. The van der Waals surface area contributed by atoms with Crippen molar-refractivity contribution in [3.63, 3.8) is 0 Å². The molecule has 0 aliphatic carbocycles. The van der Waals surface area contributed by atoms with E-state index in [0.717, 1.165) is 53.2 Å². The van der Waals surface area contributed by atoms with E-state index >= 15 is 0 Å². The lowest BCUT2D eigenvalue weighted by atomic mass is 9.86. The van der Waals surface area contributed by atoms with Crippen molar-refractivity contribution in [2.24, 2.45) is 0 Å². The van der Waals surface area contributed by atoms with Crippen molar-refractivity contribution in [2.75, 3.05) is 40.3 Å². The number of anilines is 1. The first-order valence-corrected chi connectivity index (χ1v) is 36.4. The van der Waals surface area contributed by atoms with Gasteiger partial charge < -0.3 is 34.9 Å². The van der Waals surface area contributed by atoms with Gasteiger partial charge in [0.1, 0.15) is 40.4 Å². The number of aromatic hydroxyl groups is 1. The number of methoxy groups -OCH3 is 3. The average Bonchev–Trinajstić information content (AvgIpc) is 0.846. The normalized spacial score (nSPS) is 11.0. The van der Waals surface area contributed by atoms with Gasteiger partial charge in [0.15, 0.2) is 0 Å². The van der Waals surface area contributed by atoms with Crippen LogP contribution in [0.25, 0.3) is 0 Å². The summed E-state index contributed by atoms with van der Waals surface area (Å²) in [5, 5.41) is 17.9. The van der Waals surface area contributed by atoms with Gasteiger partial charge in [0, 0.05) is 18.4 Å². The van der Waals surface area contributed by atoms with Crippen LogP contribution >= 0.6 is 0 Å². The van der Waals surface area contributed by atoms with Crippen molar-refractivity contribution in [3.05, 3.63) is 285 Å². The lowest BCUT2D eigenvalue weighted by Gasteiger charge is -2.21. The molecule has 564 valence electrons. The predicted molar refractivity (Wildman–Crippen MR) is 440 cm³/mol. The van der Waals surface area contributed by atoms with Gasteiger partial charge >= 0.3 is 0 Å². The van der Waals surface area contributed by atoms with Crippen LogP contribution in [0.1, 0.15) is 251 Å². The maximum atomic E-state index is 12.9. The highest BCUT2D eigenvalue weighted by atomic mass is 19.1. The summed E-state index contributed by atoms with van der Waals surface area (Å²) in [5.74, 6) is 5.47. The molecule has 0 saturated heterocycles. The lowest BCUT2D eigenvalue weighted by Crippen LogP contribution is -2.12. The largest absolute Gasteiger partial charge is 0.508 e. The molecular weight excluding hydrogens is 1280 g/mol. The number of phenols is 1. The van der Waals surface area contributed by atoms with Gasteiger partial charge in [0.05, 0.1) is 27.9 Å². The van der Waals surface area contributed by atoms with E-state index in [0.29, 0.717) is 34.8 Å². The number of nitrogen functional groups attached to an aromatic ring is 1. The zero-order valence-corrected chi connectivity index (χ0v) is 68.5. The first-order chi connectivity index (χ1) is 47.9. The SMILES string of the molecule is CC(C)(C)c1cc(N)cc(F)c1.CC(C)(C)c1cc(O)cc(F)c1.CC(C)(C)c1ccccc1.CC(C)c1cccc(CCO)c1.CCOc1cccc(C(C)C)c1.COc1ccc(C(C)C)cc1.COc1cccc(C(C)C)c1.COc1ccccc1C(C)(C)C.Cc1cccc(C(C)(C)C)c1. The molecule has 0 aliphatic heterocycles. The van der Waals surface area contributed by atoms with E-state index in [-0.39, 0.29) is 45.7 Å². The van der Waals surface area contributed by atoms with E-state index in [9.17, 15) is 8.78 Å². The molecule has 9 rings (SSSR count). The van der Waals surface area contributed by atoms with Crippen LogP contribution in [0.15, 0.2) is 212 Å². The van der Waals surface area contributed by atoms with Crippen molar-refractivity contribution in [1.29, 1.82) is 0 Å². The second-order valence-electron chi connectivity index (χ2n) is 32.0. The molecule has 0 unspecified atom stereocenters. The first kappa shape index (κ1) is 92.6. The summed E-state index contributed by atoms with van der Waals surface area (Å²) < 4.78 is 46.5. The van der Waals surface area contributed by atoms with Gasteiger partial charge in [-0.1, -0.05) is 298 Å². The fourth-order valence-corrected chi connectivity index (χ4v) is 9.72. The number of ether oxygens (including phenoxy) is 4. The van der Waals surface area contributed by atoms with E-state index in [1.165, 1.54) is 68.3 Å². The Hall–Kier alpha value is -8.40. The minimum Gasteiger partial charge on any atom is -0.508 e. The second-order valence-corrected chi connectivity index (χ2v) is 32.0. The topological polar surface area (TPSA) is 103 Å². The Kier molecular flexibility index (Phi) is 41.0. The number of hydrogen-bond acceptors (Lipinski definition) is 7. The molecular formula is C94H133F2NO6. The van der Waals surface area contributed by atoms with Gasteiger partial charge in [-0.15, -0.1) is 0 Å². The summed E-state index contributed by atoms with van der Waals surface area (Å²) in [6, 6.07) is 69.2. The molecule has 0 atom stereocenters. The maximum Gasteiger partial charge on any atom is 0.127 e. The average molecular weight is 1410 g/mol. The molecule has 9 aromatic carbocycles. The summed E-state index contributed by atoms with van der Waals surface area (Å²) in [7, 11) is 5.09. The van der Waals surface area contributed by atoms with Crippen molar-refractivity contribution in [1.82, 2.24) is 0 Å². The molecule has 0 heterocycles. The van der Waals surface area contributed by atoms with Crippen LogP contribution in [0.4, 0.5) is 14.5 Å². The number of rotatable bonds is 11. The van der Waals surface area contributed by atoms with Gasteiger partial charge in [-0.2, -0.15) is 0 Å². The van der Waals surface area contributed by atoms with Gasteiger partial charge in [0.25, 0.3) is 0 Å². The van der Waals surface area contributed by atoms with Crippen molar-refractivity contribution < 1.29 is 37.9 Å². The number of nitrogens with two attached hydrogens (primary N) is 1. The number of hydrogen-bond donors (Lipinski definition) is 3. The second kappa shape index (κ2) is 45.6. The number of halogens is 2. The molecule has 9 heteroatoms. The molecule has 0 radical (unpaired) electrons. The Morgan fingerprint density at radius 2 is 0.806 bits per heavy atom. The van der Waals surface area contributed by atoms with E-state index in [4.69, 9.17) is 34.9 Å². The maximum absolute atomic E-state index is 12.9. The Morgan fingerprint density at radius 1 is 0.379 bits per heavy atom. The third-order valence-electron chi connectivity index (χ3n) is 16.4. The molecule has 0 saturated carbocycles. The molecule has 103 heavy (non-hydrogen) atoms. The molecule has 0 aliphatic rings. The van der Waals surface area contributed by atoms with Gasteiger partial charge in [-0.25, -0.2) is 8.78 Å². The number of phenolic OH excluding ortho intramolecular Hbond substituents is 1. The van der Waals surface area contributed by atoms with Crippen LogP contribution in [-0.4, -0.2) is 44.8 Å². The smallest absolute Gasteiger partial charge is 0.127 e. The molecule has 0 amide bonds. The molecule has 4 N–H and O–H groups in total. The van der Waals surface area contributed by atoms with Crippen molar-refractivity contribution in [2.45, 2.75) is 230 Å². The van der Waals surface area contributed by atoms with Crippen molar-refractivity contribution >= 4 is 5.69 Å². The van der Waals surface area contributed by atoms with Crippen LogP contribution in [0, 0.1) is 18.6 Å². The number of para-hydroxylation sites is 1. The van der Waals surface area contributed by atoms with Crippen LogP contribution in [0.2, 0.25) is 0 Å². The fourth-order valence-electron chi connectivity index (χ4n) is 9.72. The Bertz CT molecular complexity index is 3610. The van der Waals surface area contributed by atoms with E-state index in [2.05, 4.69) is 246 Å². The number of aryl methyl sites for hydroxylation is 1. The van der Waals surface area contributed by atoms with Crippen LogP contribution in [-0.2, 0) is 33.5 Å². The van der Waals surface area contributed by atoms with Gasteiger partial charge in [0.2, 0.25) is 0 Å². The highest BCUT2D eigenvalue weighted by Gasteiger charge is 2.19. The lowest BCUT2D eigenvalue weighted by molar-refractivity contribution is 0.299. The number of benzene rings is 9. The zero-order chi connectivity index (χ0) is 78.5. The van der Waals surface area contributed by atoms with E-state index in [1.807, 2.05) is 109 Å². The Morgan fingerprint density at radius 3 is 1.20 bits per heavy atom. The minimum absolute atomic E-state index is 0.0140. The summed E-state index contributed by atoms with van der Waals surface area (Å²) in [5.41, 5.74) is 20.3. The van der Waals surface area contributed by atoms with Crippen molar-refractivity contribution in [3.8, 4) is 28.7 Å². The molecule has 9 aromatic rings. The fraction of sp³-hybridized carbons (Fsp3) is 0.426. The summed E-state index contributed by atoms with van der Waals surface area (Å²) >= 11 is 0. The summed E-state index contributed by atoms with van der Waals surface area (Å²) in [6.07, 6.45) is 0.764. The molecule has 7 nitrogen and oxygen atoms in total.